The molecule has 17 heavy (non-hydrogen) atoms. The molecule has 88 valence electrons. The lowest BCUT2D eigenvalue weighted by atomic mass is 10.1. The number of carbonyl (C=O) groups excluding carboxylic acids is 1. The summed E-state index contributed by atoms with van der Waals surface area (Å²) in [5.41, 5.74) is 0. The predicted octanol–water partition coefficient (Wildman–Crippen LogP) is 3.32. The van der Waals surface area contributed by atoms with Gasteiger partial charge in [0.25, 0.3) is 0 Å². The van der Waals surface area contributed by atoms with Gasteiger partial charge in [0.1, 0.15) is 5.75 Å². The van der Waals surface area contributed by atoms with Crippen LogP contribution in [0.1, 0.15) is 0 Å². The highest BCUT2D eigenvalue weighted by atomic mass is 79.9. The maximum Gasteiger partial charge on any atom is 0.412 e. The van der Waals surface area contributed by atoms with Gasteiger partial charge in [-0.1, -0.05) is 52.3 Å². The van der Waals surface area contributed by atoms with Gasteiger partial charge in [-0.05, 0) is 11.5 Å². The van der Waals surface area contributed by atoms with Crippen LogP contribution in [0, 0.1) is 0 Å². The normalized spacial score (nSPS) is 10.2. The summed E-state index contributed by atoms with van der Waals surface area (Å²) in [6.07, 6.45) is -0.430. The summed E-state index contributed by atoms with van der Waals surface area (Å²) in [7, 11) is 0. The molecule has 2 aromatic rings. The smallest absolute Gasteiger partial charge is 0.410 e. The summed E-state index contributed by atoms with van der Waals surface area (Å²) in [5, 5.41) is 5.33. The van der Waals surface area contributed by atoms with Crippen LogP contribution in [0.3, 0.4) is 0 Å². The molecule has 0 saturated heterocycles. The fourth-order valence-electron chi connectivity index (χ4n) is 1.57. The average molecular weight is 294 g/mol. The lowest BCUT2D eigenvalue weighted by molar-refractivity contribution is 0.202. The van der Waals surface area contributed by atoms with Crippen LogP contribution in [0.4, 0.5) is 4.79 Å². The largest absolute Gasteiger partial charge is 0.412 e. The first-order valence-corrected chi connectivity index (χ1v) is 6.43. The van der Waals surface area contributed by atoms with Crippen molar-refractivity contribution in [3.05, 3.63) is 42.5 Å². The van der Waals surface area contributed by atoms with Gasteiger partial charge in [0.15, 0.2) is 0 Å². The van der Waals surface area contributed by atoms with Gasteiger partial charge in [-0.25, -0.2) is 4.79 Å². The Bertz CT molecular complexity index is 522. The van der Waals surface area contributed by atoms with E-state index in [2.05, 4.69) is 21.2 Å². The SMILES string of the molecule is O=C(NCCBr)Oc1cccc2ccccc12. The van der Waals surface area contributed by atoms with E-state index in [-0.39, 0.29) is 0 Å². The second-order valence-corrected chi connectivity index (χ2v) is 4.28. The molecule has 0 aliphatic rings. The van der Waals surface area contributed by atoms with Crippen LogP contribution >= 0.6 is 15.9 Å². The van der Waals surface area contributed by atoms with Crippen molar-refractivity contribution in [3.63, 3.8) is 0 Å². The lowest BCUT2D eigenvalue weighted by Crippen LogP contribution is -2.28. The predicted molar refractivity (Wildman–Crippen MR) is 71.8 cm³/mol. The summed E-state index contributed by atoms with van der Waals surface area (Å²) in [6, 6.07) is 13.4. The Balaban J connectivity index is 2.21. The highest BCUT2D eigenvalue weighted by Crippen LogP contribution is 2.24. The Morgan fingerprint density at radius 1 is 1.18 bits per heavy atom. The van der Waals surface area contributed by atoms with E-state index >= 15 is 0 Å². The number of hydrogen-bond acceptors (Lipinski definition) is 2. The van der Waals surface area contributed by atoms with Gasteiger partial charge in [-0.3, -0.25) is 0 Å². The van der Waals surface area contributed by atoms with Crippen LogP contribution in [-0.4, -0.2) is 18.0 Å². The van der Waals surface area contributed by atoms with E-state index in [4.69, 9.17) is 4.74 Å². The van der Waals surface area contributed by atoms with Crippen LogP contribution in [0.5, 0.6) is 5.75 Å². The molecule has 0 radical (unpaired) electrons. The molecule has 1 amide bonds. The van der Waals surface area contributed by atoms with Gasteiger partial charge in [0.05, 0.1) is 0 Å². The number of fused-ring (bicyclic) bond motifs is 1. The van der Waals surface area contributed by atoms with Crippen molar-refractivity contribution in [1.82, 2.24) is 5.32 Å². The van der Waals surface area contributed by atoms with E-state index < -0.39 is 6.09 Å². The monoisotopic (exact) mass is 293 g/mol. The molecule has 0 spiro atoms. The fourth-order valence-corrected chi connectivity index (χ4v) is 1.77. The minimum atomic E-state index is -0.430. The highest BCUT2D eigenvalue weighted by Gasteiger charge is 2.06. The van der Waals surface area contributed by atoms with Crippen LogP contribution in [-0.2, 0) is 0 Å². The lowest BCUT2D eigenvalue weighted by Gasteiger charge is -2.08. The standard InChI is InChI=1S/C13H12BrNO2/c14-8-9-15-13(16)17-12-7-3-5-10-4-1-2-6-11(10)12/h1-7H,8-9H2,(H,15,16). The number of hydrogen-bond donors (Lipinski definition) is 1. The number of carbonyl (C=O) groups is 1. The van der Waals surface area contributed by atoms with Crippen molar-refractivity contribution in [2.45, 2.75) is 0 Å². The maximum atomic E-state index is 11.5. The minimum absolute atomic E-state index is 0.430. The van der Waals surface area contributed by atoms with Crippen molar-refractivity contribution >= 4 is 32.8 Å². The molecule has 1 N–H and O–H groups in total. The van der Waals surface area contributed by atoms with Crippen molar-refractivity contribution < 1.29 is 9.53 Å². The number of ether oxygens (including phenoxy) is 1. The molecular weight excluding hydrogens is 282 g/mol. The molecule has 2 aromatic carbocycles. The van der Waals surface area contributed by atoms with E-state index in [1.165, 1.54) is 0 Å². The van der Waals surface area contributed by atoms with Crippen molar-refractivity contribution in [1.29, 1.82) is 0 Å². The molecule has 3 nitrogen and oxygen atoms in total. The summed E-state index contributed by atoms with van der Waals surface area (Å²) in [6.45, 7) is 0.545. The first-order chi connectivity index (χ1) is 8.31. The quantitative estimate of drug-likeness (QED) is 0.882. The second-order valence-electron chi connectivity index (χ2n) is 3.48. The van der Waals surface area contributed by atoms with Crippen LogP contribution in [0.25, 0.3) is 10.8 Å². The first-order valence-electron chi connectivity index (χ1n) is 5.30. The Kier molecular flexibility index (Phi) is 3.98. The topological polar surface area (TPSA) is 38.3 Å². The summed E-state index contributed by atoms with van der Waals surface area (Å²) >= 11 is 3.23. The molecular formula is C13H12BrNO2. The van der Waals surface area contributed by atoms with Gasteiger partial charge < -0.3 is 10.1 Å². The fraction of sp³-hybridized carbons (Fsp3) is 0.154. The van der Waals surface area contributed by atoms with Crippen LogP contribution < -0.4 is 10.1 Å². The summed E-state index contributed by atoms with van der Waals surface area (Å²) in [5.74, 6) is 0.579. The molecule has 0 fully saturated rings. The second kappa shape index (κ2) is 5.68. The van der Waals surface area contributed by atoms with Gasteiger partial charge in [0.2, 0.25) is 0 Å². The number of benzene rings is 2. The Labute approximate surface area is 108 Å². The Morgan fingerprint density at radius 3 is 2.76 bits per heavy atom. The van der Waals surface area contributed by atoms with E-state index in [9.17, 15) is 4.79 Å². The number of halogens is 1. The number of amides is 1. The zero-order valence-electron chi connectivity index (χ0n) is 9.15. The molecule has 0 saturated carbocycles. The van der Waals surface area contributed by atoms with Crippen molar-refractivity contribution in [2.75, 3.05) is 11.9 Å². The van der Waals surface area contributed by atoms with E-state index in [1.54, 1.807) is 6.07 Å². The third-order valence-corrected chi connectivity index (χ3v) is 2.71. The molecule has 0 aromatic heterocycles. The molecule has 0 aliphatic heterocycles. The van der Waals surface area contributed by atoms with Gasteiger partial charge >= 0.3 is 6.09 Å². The zero-order valence-corrected chi connectivity index (χ0v) is 10.7. The maximum absolute atomic E-state index is 11.5. The third-order valence-electron chi connectivity index (χ3n) is 2.32. The molecule has 0 atom stereocenters. The number of nitrogens with one attached hydrogen (secondary N) is 1. The zero-order chi connectivity index (χ0) is 12.1. The van der Waals surface area contributed by atoms with Crippen molar-refractivity contribution in [2.24, 2.45) is 0 Å². The molecule has 0 aliphatic carbocycles. The number of rotatable bonds is 3. The Hall–Kier alpha value is -1.55. The summed E-state index contributed by atoms with van der Waals surface area (Å²) in [4.78, 5) is 11.5. The average Bonchev–Trinajstić information content (AvgIpc) is 2.37. The van der Waals surface area contributed by atoms with E-state index in [0.29, 0.717) is 17.6 Å². The third kappa shape index (κ3) is 2.97. The highest BCUT2D eigenvalue weighted by molar-refractivity contribution is 9.09. The molecule has 0 heterocycles. The molecule has 0 bridgehead atoms. The molecule has 0 unspecified atom stereocenters. The van der Waals surface area contributed by atoms with Gasteiger partial charge in [0, 0.05) is 17.3 Å². The minimum Gasteiger partial charge on any atom is -0.410 e. The summed E-state index contributed by atoms with van der Waals surface area (Å²) < 4.78 is 5.26. The Morgan fingerprint density at radius 2 is 1.94 bits per heavy atom. The van der Waals surface area contributed by atoms with Crippen molar-refractivity contribution in [3.8, 4) is 5.75 Å². The van der Waals surface area contributed by atoms with Gasteiger partial charge in [-0.15, -0.1) is 0 Å². The molecule has 2 rings (SSSR count). The number of alkyl halides is 1. The van der Waals surface area contributed by atoms with E-state index in [1.807, 2.05) is 36.4 Å². The van der Waals surface area contributed by atoms with Crippen LogP contribution in [0.15, 0.2) is 42.5 Å². The van der Waals surface area contributed by atoms with Crippen LogP contribution in [0.2, 0.25) is 0 Å². The molecule has 4 heteroatoms. The first kappa shape index (κ1) is 11.9. The van der Waals surface area contributed by atoms with Gasteiger partial charge in [-0.2, -0.15) is 0 Å². The van der Waals surface area contributed by atoms with E-state index in [0.717, 1.165) is 10.8 Å².